The van der Waals surface area contributed by atoms with Crippen molar-refractivity contribution in [2.75, 3.05) is 16.8 Å². The van der Waals surface area contributed by atoms with Crippen LogP contribution in [0.15, 0.2) is 42.5 Å². The summed E-state index contributed by atoms with van der Waals surface area (Å²) in [6.45, 7) is 6.39. The lowest BCUT2D eigenvalue weighted by Crippen LogP contribution is -2.35. The Kier molecular flexibility index (Phi) is 4.74. The molecule has 1 atom stereocenters. The normalized spacial score (nSPS) is 17.1. The largest absolute Gasteiger partial charge is 0.494 e. The van der Waals surface area contributed by atoms with E-state index in [1.165, 1.54) is 4.90 Å². The number of nitrogens with zero attached hydrogens (tertiary/aromatic N) is 1. The molecule has 1 heterocycles. The Hall–Kier alpha value is -2.82. The maximum atomic E-state index is 12.8. The zero-order chi connectivity index (χ0) is 18.0. The standard InChI is InChI=1S/C20H22N2O3/c1-4-25-16-9-7-15(8-10-16)21-17-12-19(23)22(20(17)24)18-11-13(2)5-6-14(18)3/h5-11,17,21H,4,12H2,1-3H3. The van der Waals surface area contributed by atoms with Gasteiger partial charge in [-0.1, -0.05) is 12.1 Å². The predicted molar refractivity (Wildman–Crippen MR) is 98.0 cm³/mol. The molecule has 0 saturated carbocycles. The first-order valence-corrected chi connectivity index (χ1v) is 8.43. The van der Waals surface area contributed by atoms with Crippen molar-refractivity contribution in [1.82, 2.24) is 0 Å². The molecule has 1 fully saturated rings. The maximum Gasteiger partial charge on any atom is 0.256 e. The molecule has 1 aliphatic rings. The van der Waals surface area contributed by atoms with E-state index >= 15 is 0 Å². The van der Waals surface area contributed by atoms with Gasteiger partial charge in [-0.2, -0.15) is 0 Å². The van der Waals surface area contributed by atoms with Gasteiger partial charge < -0.3 is 10.1 Å². The highest BCUT2D eigenvalue weighted by molar-refractivity contribution is 6.23. The number of rotatable bonds is 5. The third-order valence-electron chi connectivity index (χ3n) is 4.26. The van der Waals surface area contributed by atoms with Crippen LogP contribution in [-0.2, 0) is 9.59 Å². The van der Waals surface area contributed by atoms with Crippen LogP contribution in [0.1, 0.15) is 24.5 Å². The maximum absolute atomic E-state index is 12.8. The minimum absolute atomic E-state index is 0.152. The number of hydrogen-bond acceptors (Lipinski definition) is 4. The Morgan fingerprint density at radius 2 is 1.84 bits per heavy atom. The van der Waals surface area contributed by atoms with Crippen LogP contribution in [0.25, 0.3) is 0 Å². The Bertz CT molecular complexity index is 799. The average Bonchev–Trinajstić information content (AvgIpc) is 2.86. The number of carbonyl (C=O) groups is 2. The van der Waals surface area contributed by atoms with E-state index in [4.69, 9.17) is 4.74 Å². The molecule has 2 amide bonds. The van der Waals surface area contributed by atoms with Gasteiger partial charge in [0.25, 0.3) is 5.91 Å². The summed E-state index contributed by atoms with van der Waals surface area (Å²) < 4.78 is 5.41. The number of ether oxygens (including phenoxy) is 1. The number of anilines is 2. The van der Waals surface area contributed by atoms with Crippen LogP contribution in [0.4, 0.5) is 11.4 Å². The van der Waals surface area contributed by atoms with Crippen LogP contribution in [0.5, 0.6) is 5.75 Å². The molecule has 3 rings (SSSR count). The summed E-state index contributed by atoms with van der Waals surface area (Å²) in [5, 5.41) is 3.16. The van der Waals surface area contributed by atoms with Crippen molar-refractivity contribution >= 4 is 23.2 Å². The molecule has 1 N–H and O–H groups in total. The highest BCUT2D eigenvalue weighted by Gasteiger charge is 2.40. The van der Waals surface area contributed by atoms with Gasteiger partial charge in [0.2, 0.25) is 5.91 Å². The molecule has 1 aliphatic heterocycles. The average molecular weight is 338 g/mol. The van der Waals surface area contributed by atoms with Crippen molar-refractivity contribution in [2.45, 2.75) is 33.2 Å². The van der Waals surface area contributed by atoms with Crippen LogP contribution in [0.3, 0.4) is 0 Å². The molecule has 5 nitrogen and oxygen atoms in total. The molecule has 2 aromatic carbocycles. The van der Waals surface area contributed by atoms with Crippen molar-refractivity contribution < 1.29 is 14.3 Å². The van der Waals surface area contributed by atoms with Gasteiger partial charge in [-0.25, -0.2) is 4.90 Å². The molecule has 25 heavy (non-hydrogen) atoms. The van der Waals surface area contributed by atoms with Crippen molar-refractivity contribution in [3.8, 4) is 5.75 Å². The molecule has 5 heteroatoms. The minimum Gasteiger partial charge on any atom is -0.494 e. The first-order chi connectivity index (χ1) is 12.0. The number of imide groups is 1. The first kappa shape index (κ1) is 17.0. The van der Waals surface area contributed by atoms with Crippen molar-refractivity contribution in [2.24, 2.45) is 0 Å². The van der Waals surface area contributed by atoms with Gasteiger partial charge in [-0.05, 0) is 62.2 Å². The van der Waals surface area contributed by atoms with E-state index < -0.39 is 6.04 Å². The lowest BCUT2D eigenvalue weighted by Gasteiger charge is -2.18. The number of hydrogen-bond donors (Lipinski definition) is 1. The minimum atomic E-state index is -0.551. The van der Waals surface area contributed by atoms with E-state index in [2.05, 4.69) is 5.32 Å². The molecule has 1 saturated heterocycles. The van der Waals surface area contributed by atoms with Gasteiger partial charge in [0.1, 0.15) is 11.8 Å². The third-order valence-corrected chi connectivity index (χ3v) is 4.26. The summed E-state index contributed by atoms with van der Waals surface area (Å²) in [6.07, 6.45) is 0.152. The van der Waals surface area contributed by atoms with E-state index in [9.17, 15) is 9.59 Å². The van der Waals surface area contributed by atoms with E-state index in [1.807, 2.05) is 63.2 Å². The van der Waals surface area contributed by atoms with Gasteiger partial charge in [-0.3, -0.25) is 9.59 Å². The second-order valence-corrected chi connectivity index (χ2v) is 6.22. The quantitative estimate of drug-likeness (QED) is 0.849. The van der Waals surface area contributed by atoms with Crippen molar-refractivity contribution in [3.63, 3.8) is 0 Å². The fourth-order valence-corrected chi connectivity index (χ4v) is 2.97. The van der Waals surface area contributed by atoms with E-state index in [0.29, 0.717) is 12.3 Å². The fraction of sp³-hybridized carbons (Fsp3) is 0.300. The van der Waals surface area contributed by atoms with Gasteiger partial charge in [0, 0.05) is 5.69 Å². The van der Waals surface area contributed by atoms with Crippen LogP contribution < -0.4 is 15.0 Å². The monoisotopic (exact) mass is 338 g/mol. The topological polar surface area (TPSA) is 58.6 Å². The summed E-state index contributed by atoms with van der Waals surface area (Å²) in [5.41, 5.74) is 3.39. The zero-order valence-corrected chi connectivity index (χ0v) is 14.7. The van der Waals surface area contributed by atoms with Crippen molar-refractivity contribution in [3.05, 3.63) is 53.6 Å². The van der Waals surface area contributed by atoms with Crippen LogP contribution >= 0.6 is 0 Å². The Balaban J connectivity index is 1.78. The molecule has 0 aliphatic carbocycles. The Morgan fingerprint density at radius 3 is 2.52 bits per heavy atom. The summed E-state index contributed by atoms with van der Waals surface area (Å²) in [5.74, 6) is 0.383. The van der Waals surface area contributed by atoms with Crippen LogP contribution in [-0.4, -0.2) is 24.5 Å². The molecule has 0 spiro atoms. The third kappa shape index (κ3) is 3.50. The summed E-state index contributed by atoms with van der Waals surface area (Å²) in [7, 11) is 0. The molecule has 2 aromatic rings. The van der Waals surface area contributed by atoms with E-state index in [-0.39, 0.29) is 18.2 Å². The molecule has 0 bridgehead atoms. The number of nitrogens with one attached hydrogen (secondary N) is 1. The lowest BCUT2D eigenvalue weighted by atomic mass is 10.1. The highest BCUT2D eigenvalue weighted by Crippen LogP contribution is 2.29. The van der Waals surface area contributed by atoms with Crippen LogP contribution in [0, 0.1) is 13.8 Å². The molecule has 1 unspecified atom stereocenters. The molecular formula is C20H22N2O3. The lowest BCUT2D eigenvalue weighted by molar-refractivity contribution is -0.121. The fourth-order valence-electron chi connectivity index (χ4n) is 2.97. The number of carbonyl (C=O) groups excluding carboxylic acids is 2. The molecule has 0 radical (unpaired) electrons. The SMILES string of the molecule is CCOc1ccc(NC2CC(=O)N(c3cc(C)ccc3C)C2=O)cc1. The van der Waals surface area contributed by atoms with Gasteiger partial charge in [0.15, 0.2) is 0 Å². The summed E-state index contributed by atoms with van der Waals surface area (Å²) >= 11 is 0. The predicted octanol–water partition coefficient (Wildman–Crippen LogP) is 3.45. The van der Waals surface area contributed by atoms with Gasteiger partial charge in [0.05, 0.1) is 18.7 Å². The highest BCUT2D eigenvalue weighted by atomic mass is 16.5. The second-order valence-electron chi connectivity index (χ2n) is 6.22. The first-order valence-electron chi connectivity index (χ1n) is 8.43. The van der Waals surface area contributed by atoms with E-state index in [0.717, 1.165) is 22.6 Å². The van der Waals surface area contributed by atoms with Gasteiger partial charge >= 0.3 is 0 Å². The van der Waals surface area contributed by atoms with E-state index in [1.54, 1.807) is 0 Å². The smallest absolute Gasteiger partial charge is 0.256 e. The van der Waals surface area contributed by atoms with Crippen molar-refractivity contribution in [1.29, 1.82) is 0 Å². The Labute approximate surface area is 147 Å². The van der Waals surface area contributed by atoms with Crippen LogP contribution in [0.2, 0.25) is 0 Å². The summed E-state index contributed by atoms with van der Waals surface area (Å²) in [4.78, 5) is 26.5. The Morgan fingerprint density at radius 1 is 1.12 bits per heavy atom. The molecule has 130 valence electrons. The zero-order valence-electron chi connectivity index (χ0n) is 14.7. The number of benzene rings is 2. The number of amides is 2. The second kappa shape index (κ2) is 6.97. The van der Waals surface area contributed by atoms with Gasteiger partial charge in [-0.15, -0.1) is 0 Å². The molecule has 0 aromatic heterocycles. The summed E-state index contributed by atoms with van der Waals surface area (Å²) in [6, 6.07) is 12.6. The number of aryl methyl sites for hydroxylation is 2. The molecular weight excluding hydrogens is 316 g/mol.